The van der Waals surface area contributed by atoms with Gasteiger partial charge in [0.15, 0.2) is 0 Å². The smallest absolute Gasteiger partial charge is 0.245 e. The Bertz CT molecular complexity index is 306. The molecule has 0 spiro atoms. The molecule has 1 rings (SSSR count). The standard InChI is InChI=1S/C12H17NO2/c1-2-10-3-5-11(6-4-10)7-8-13-12(15)9-14/h3-6,14H,2,7-9H2,1H3,(H,13,15). The quantitative estimate of drug-likeness (QED) is 0.753. The van der Waals surface area contributed by atoms with Crippen molar-refractivity contribution in [3.63, 3.8) is 0 Å². The van der Waals surface area contributed by atoms with Gasteiger partial charge in [-0.05, 0) is 24.0 Å². The molecule has 0 fully saturated rings. The zero-order valence-corrected chi connectivity index (χ0v) is 8.99. The summed E-state index contributed by atoms with van der Waals surface area (Å²) in [7, 11) is 0. The minimum absolute atomic E-state index is 0.319. The molecule has 0 atom stereocenters. The van der Waals surface area contributed by atoms with E-state index in [2.05, 4.69) is 36.5 Å². The van der Waals surface area contributed by atoms with Gasteiger partial charge in [0.25, 0.3) is 0 Å². The van der Waals surface area contributed by atoms with Crippen LogP contribution in [0.3, 0.4) is 0 Å². The van der Waals surface area contributed by atoms with Crippen LogP contribution >= 0.6 is 0 Å². The lowest BCUT2D eigenvalue weighted by atomic mass is 10.1. The van der Waals surface area contributed by atoms with Crippen molar-refractivity contribution in [2.45, 2.75) is 19.8 Å². The molecule has 82 valence electrons. The third-order valence-corrected chi connectivity index (χ3v) is 2.31. The molecule has 0 aliphatic carbocycles. The first-order valence-electron chi connectivity index (χ1n) is 5.21. The number of hydrogen-bond donors (Lipinski definition) is 2. The lowest BCUT2D eigenvalue weighted by Crippen LogP contribution is -2.28. The van der Waals surface area contributed by atoms with Crippen LogP contribution in [0.25, 0.3) is 0 Å². The van der Waals surface area contributed by atoms with E-state index >= 15 is 0 Å². The van der Waals surface area contributed by atoms with Crippen molar-refractivity contribution in [2.24, 2.45) is 0 Å². The fraction of sp³-hybridized carbons (Fsp3) is 0.417. The van der Waals surface area contributed by atoms with Gasteiger partial charge < -0.3 is 10.4 Å². The van der Waals surface area contributed by atoms with Gasteiger partial charge in [-0.3, -0.25) is 4.79 Å². The largest absolute Gasteiger partial charge is 0.387 e. The van der Waals surface area contributed by atoms with Crippen molar-refractivity contribution >= 4 is 5.91 Å². The molecule has 0 aromatic heterocycles. The normalized spacial score (nSPS) is 10.0. The van der Waals surface area contributed by atoms with Crippen LogP contribution in [0.4, 0.5) is 0 Å². The highest BCUT2D eigenvalue weighted by atomic mass is 16.3. The molecule has 0 saturated heterocycles. The number of carbonyl (C=O) groups excluding carboxylic acids is 1. The Labute approximate surface area is 90.1 Å². The SMILES string of the molecule is CCc1ccc(CCNC(=O)CO)cc1. The van der Waals surface area contributed by atoms with Gasteiger partial charge in [-0.25, -0.2) is 0 Å². The summed E-state index contributed by atoms with van der Waals surface area (Å²) in [4.78, 5) is 10.7. The predicted octanol–water partition coefficient (Wildman–Crippen LogP) is 0.900. The van der Waals surface area contributed by atoms with Gasteiger partial charge in [0.2, 0.25) is 5.91 Å². The average Bonchev–Trinajstić information content (AvgIpc) is 2.29. The maximum Gasteiger partial charge on any atom is 0.245 e. The number of nitrogens with one attached hydrogen (secondary N) is 1. The number of aliphatic hydroxyl groups is 1. The molecule has 0 bridgehead atoms. The molecular weight excluding hydrogens is 190 g/mol. The van der Waals surface area contributed by atoms with Crippen LogP contribution in [0.2, 0.25) is 0 Å². The summed E-state index contributed by atoms with van der Waals surface area (Å²) < 4.78 is 0. The summed E-state index contributed by atoms with van der Waals surface area (Å²) in [5.41, 5.74) is 2.52. The molecule has 1 aromatic rings. The van der Waals surface area contributed by atoms with Crippen LogP contribution in [0, 0.1) is 0 Å². The van der Waals surface area contributed by atoms with Gasteiger partial charge in [-0.15, -0.1) is 0 Å². The van der Waals surface area contributed by atoms with Crippen molar-refractivity contribution < 1.29 is 9.90 Å². The molecule has 0 radical (unpaired) electrons. The van der Waals surface area contributed by atoms with E-state index in [4.69, 9.17) is 5.11 Å². The number of amides is 1. The van der Waals surface area contributed by atoms with Crippen molar-refractivity contribution in [1.29, 1.82) is 0 Å². The molecule has 0 saturated carbocycles. The van der Waals surface area contributed by atoms with E-state index in [9.17, 15) is 4.79 Å². The Kier molecular flexibility index (Phi) is 4.84. The van der Waals surface area contributed by atoms with Gasteiger partial charge in [-0.2, -0.15) is 0 Å². The average molecular weight is 207 g/mol. The minimum atomic E-state index is -0.436. The summed E-state index contributed by atoms with van der Waals surface area (Å²) in [6, 6.07) is 8.35. The summed E-state index contributed by atoms with van der Waals surface area (Å²) in [5.74, 6) is -0.319. The van der Waals surface area contributed by atoms with Crippen LogP contribution < -0.4 is 5.32 Å². The van der Waals surface area contributed by atoms with Crippen molar-refractivity contribution in [2.75, 3.05) is 13.2 Å². The molecule has 0 unspecified atom stereocenters. The van der Waals surface area contributed by atoms with E-state index in [0.29, 0.717) is 6.54 Å². The lowest BCUT2D eigenvalue weighted by molar-refractivity contribution is -0.123. The van der Waals surface area contributed by atoms with Gasteiger partial charge in [0.05, 0.1) is 0 Å². The molecule has 1 amide bonds. The molecule has 3 nitrogen and oxygen atoms in total. The number of aliphatic hydroxyl groups excluding tert-OH is 1. The Morgan fingerprint density at radius 3 is 2.40 bits per heavy atom. The predicted molar refractivity (Wildman–Crippen MR) is 59.6 cm³/mol. The molecule has 0 aliphatic heterocycles. The maximum absolute atomic E-state index is 10.7. The van der Waals surface area contributed by atoms with Crippen molar-refractivity contribution in [3.05, 3.63) is 35.4 Å². The molecule has 0 heterocycles. The fourth-order valence-corrected chi connectivity index (χ4v) is 1.34. The summed E-state index contributed by atoms with van der Waals surface area (Å²) in [6.45, 7) is 2.26. The third kappa shape index (κ3) is 4.13. The van der Waals surface area contributed by atoms with Crippen LogP contribution in [0.5, 0.6) is 0 Å². The molecule has 0 aliphatic rings. The Morgan fingerprint density at radius 2 is 1.87 bits per heavy atom. The first-order valence-corrected chi connectivity index (χ1v) is 5.21. The first kappa shape index (κ1) is 11.7. The highest BCUT2D eigenvalue weighted by Gasteiger charge is 1.97. The molecule has 3 heteroatoms. The zero-order chi connectivity index (χ0) is 11.1. The van der Waals surface area contributed by atoms with Gasteiger partial charge in [0, 0.05) is 6.54 Å². The van der Waals surface area contributed by atoms with E-state index in [1.807, 2.05) is 0 Å². The van der Waals surface area contributed by atoms with E-state index in [-0.39, 0.29) is 5.91 Å². The minimum Gasteiger partial charge on any atom is -0.387 e. The molecule has 15 heavy (non-hydrogen) atoms. The maximum atomic E-state index is 10.7. The van der Waals surface area contributed by atoms with Crippen molar-refractivity contribution in [3.8, 4) is 0 Å². The topological polar surface area (TPSA) is 49.3 Å². The number of rotatable bonds is 5. The highest BCUT2D eigenvalue weighted by molar-refractivity contribution is 5.76. The number of benzene rings is 1. The van der Waals surface area contributed by atoms with E-state index in [1.54, 1.807) is 0 Å². The first-order chi connectivity index (χ1) is 7.26. The number of hydrogen-bond acceptors (Lipinski definition) is 2. The van der Waals surface area contributed by atoms with Crippen LogP contribution in [-0.4, -0.2) is 24.2 Å². The zero-order valence-electron chi connectivity index (χ0n) is 8.99. The fourth-order valence-electron chi connectivity index (χ4n) is 1.34. The van der Waals surface area contributed by atoms with Crippen LogP contribution in [-0.2, 0) is 17.6 Å². The van der Waals surface area contributed by atoms with E-state index in [0.717, 1.165) is 12.8 Å². The van der Waals surface area contributed by atoms with Gasteiger partial charge in [0.1, 0.15) is 6.61 Å². The number of carbonyl (C=O) groups is 1. The van der Waals surface area contributed by atoms with Crippen LogP contribution in [0.15, 0.2) is 24.3 Å². The summed E-state index contributed by atoms with van der Waals surface area (Å²) in [6.07, 6.45) is 1.84. The Balaban J connectivity index is 2.34. The second-order valence-corrected chi connectivity index (χ2v) is 3.43. The third-order valence-electron chi connectivity index (χ3n) is 2.31. The second kappa shape index (κ2) is 6.19. The number of aryl methyl sites for hydroxylation is 1. The van der Waals surface area contributed by atoms with Gasteiger partial charge in [-0.1, -0.05) is 31.2 Å². The Hall–Kier alpha value is -1.35. The summed E-state index contributed by atoms with van der Waals surface area (Å²) >= 11 is 0. The van der Waals surface area contributed by atoms with Crippen LogP contribution in [0.1, 0.15) is 18.1 Å². The highest BCUT2D eigenvalue weighted by Crippen LogP contribution is 2.05. The molecule has 1 aromatic carbocycles. The monoisotopic (exact) mass is 207 g/mol. The van der Waals surface area contributed by atoms with E-state index in [1.165, 1.54) is 11.1 Å². The van der Waals surface area contributed by atoms with Gasteiger partial charge >= 0.3 is 0 Å². The van der Waals surface area contributed by atoms with E-state index < -0.39 is 6.61 Å². The lowest BCUT2D eigenvalue weighted by Gasteiger charge is -2.04. The Morgan fingerprint density at radius 1 is 1.27 bits per heavy atom. The second-order valence-electron chi connectivity index (χ2n) is 3.43. The summed E-state index contributed by atoms with van der Waals surface area (Å²) in [5, 5.41) is 11.1. The molecular formula is C12H17NO2. The van der Waals surface area contributed by atoms with Crippen molar-refractivity contribution in [1.82, 2.24) is 5.32 Å². The molecule has 2 N–H and O–H groups in total.